The number of ether oxygens (including phenoxy) is 1. The van der Waals surface area contributed by atoms with E-state index in [2.05, 4.69) is 49.4 Å². The Kier molecular flexibility index (Phi) is 11.1. The average Bonchev–Trinajstić information content (AvgIpc) is 3.45. The Morgan fingerprint density at radius 2 is 1.62 bits per heavy atom. The number of hydrogen-bond acceptors (Lipinski definition) is 7. The Morgan fingerprint density at radius 3 is 2.30 bits per heavy atom. The fraction of sp³-hybridized carbons (Fsp3) is 0.444. The van der Waals surface area contributed by atoms with Gasteiger partial charge in [-0.15, -0.1) is 0 Å². The van der Waals surface area contributed by atoms with Crippen LogP contribution in [0, 0.1) is 0 Å². The Labute approximate surface area is 219 Å². The third-order valence-corrected chi connectivity index (χ3v) is 7.54. The number of benzene rings is 2. The van der Waals surface area contributed by atoms with Crippen molar-refractivity contribution in [3.05, 3.63) is 65.2 Å². The van der Waals surface area contributed by atoms with Crippen LogP contribution in [0.25, 0.3) is 0 Å². The molecule has 1 amide bonds. The molecule has 1 aliphatic rings. The van der Waals surface area contributed by atoms with Gasteiger partial charge in [-0.2, -0.15) is 0 Å². The Morgan fingerprint density at radius 1 is 0.919 bits per heavy atom. The molecule has 0 spiro atoms. The number of carbonyl (C=O) groups is 2. The van der Waals surface area contributed by atoms with E-state index in [1.165, 1.54) is 24.8 Å². The number of aliphatic imine (C=N–C) groups is 1. The smallest absolute Gasteiger partial charge is 0.305 e. The van der Waals surface area contributed by atoms with Crippen molar-refractivity contribution >= 4 is 27.7 Å². The van der Waals surface area contributed by atoms with Gasteiger partial charge in [-0.05, 0) is 55.4 Å². The number of amides is 1. The number of esters is 1. The topological polar surface area (TPSA) is 126 Å². The zero-order chi connectivity index (χ0) is 26.5. The maximum absolute atomic E-state index is 12.5. The van der Waals surface area contributed by atoms with E-state index in [1.54, 1.807) is 12.1 Å². The normalized spacial score (nSPS) is 13.1. The van der Waals surface area contributed by atoms with Gasteiger partial charge >= 0.3 is 5.97 Å². The van der Waals surface area contributed by atoms with Crippen molar-refractivity contribution < 1.29 is 22.7 Å². The highest BCUT2D eigenvalue weighted by Crippen LogP contribution is 2.13. The lowest BCUT2D eigenvalue weighted by Gasteiger charge is -2.08. The largest absolute Gasteiger partial charge is 0.469 e. The predicted octanol–water partition coefficient (Wildman–Crippen LogP) is 2.34. The van der Waals surface area contributed by atoms with Crippen molar-refractivity contribution in [3.8, 4) is 0 Å². The monoisotopic (exact) mass is 528 g/mol. The molecular formula is C27H36N4O5S. The molecule has 10 heteroatoms. The highest BCUT2D eigenvalue weighted by atomic mass is 32.2. The van der Waals surface area contributed by atoms with Crippen molar-refractivity contribution in [2.75, 3.05) is 33.3 Å². The van der Waals surface area contributed by atoms with Gasteiger partial charge in [0, 0.05) is 38.0 Å². The number of nitrogens with one attached hydrogen (secondary N) is 3. The van der Waals surface area contributed by atoms with Crippen LogP contribution in [0.4, 0.5) is 0 Å². The lowest BCUT2D eigenvalue weighted by Crippen LogP contribution is -2.26. The van der Waals surface area contributed by atoms with Gasteiger partial charge in [0.2, 0.25) is 15.9 Å². The quantitative estimate of drug-likeness (QED) is 0.241. The fourth-order valence-corrected chi connectivity index (χ4v) is 4.99. The summed E-state index contributed by atoms with van der Waals surface area (Å²) in [5.41, 5.74) is 3.18. The van der Waals surface area contributed by atoms with Crippen LogP contribution < -0.4 is 15.4 Å². The molecule has 0 unspecified atom stereocenters. The molecule has 200 valence electrons. The van der Waals surface area contributed by atoms with Gasteiger partial charge in [0.1, 0.15) is 5.84 Å². The van der Waals surface area contributed by atoms with Gasteiger partial charge in [-0.3, -0.25) is 14.6 Å². The first-order valence-corrected chi connectivity index (χ1v) is 14.2. The van der Waals surface area contributed by atoms with E-state index in [-0.39, 0.29) is 29.7 Å². The molecule has 3 N–H and O–H groups in total. The van der Waals surface area contributed by atoms with Crippen molar-refractivity contribution in [1.29, 1.82) is 0 Å². The first-order valence-electron chi connectivity index (χ1n) is 12.7. The van der Waals surface area contributed by atoms with Gasteiger partial charge in [0.05, 0.1) is 18.6 Å². The molecule has 0 atom stereocenters. The van der Waals surface area contributed by atoms with Crippen LogP contribution in [0.1, 0.15) is 48.8 Å². The highest BCUT2D eigenvalue weighted by Gasteiger charge is 2.13. The molecule has 0 saturated carbocycles. The zero-order valence-corrected chi connectivity index (χ0v) is 22.1. The van der Waals surface area contributed by atoms with Gasteiger partial charge in [-0.1, -0.05) is 36.4 Å². The molecule has 2 aromatic rings. The zero-order valence-electron chi connectivity index (χ0n) is 21.3. The van der Waals surface area contributed by atoms with E-state index in [0.29, 0.717) is 32.2 Å². The summed E-state index contributed by atoms with van der Waals surface area (Å²) in [6.45, 7) is 2.58. The molecule has 1 aliphatic heterocycles. The maximum atomic E-state index is 12.5. The molecule has 1 heterocycles. The molecule has 9 nitrogen and oxygen atoms in total. The summed E-state index contributed by atoms with van der Waals surface area (Å²) in [5.74, 6) is 0.627. The number of carbonyl (C=O) groups excluding carboxylic acids is 2. The van der Waals surface area contributed by atoms with Crippen LogP contribution in [0.3, 0.4) is 0 Å². The van der Waals surface area contributed by atoms with Gasteiger partial charge in [-0.25, -0.2) is 13.1 Å². The van der Waals surface area contributed by atoms with E-state index in [4.69, 9.17) is 0 Å². The van der Waals surface area contributed by atoms with Crippen molar-refractivity contribution in [2.24, 2.45) is 4.99 Å². The Hall–Kier alpha value is -3.24. The molecule has 0 radical (unpaired) electrons. The van der Waals surface area contributed by atoms with Crippen molar-refractivity contribution in [1.82, 2.24) is 15.4 Å². The minimum absolute atomic E-state index is 0.0222. The molecule has 0 aliphatic carbocycles. The fourth-order valence-electron chi connectivity index (χ4n) is 3.91. The highest BCUT2D eigenvalue weighted by molar-refractivity contribution is 7.89. The van der Waals surface area contributed by atoms with E-state index >= 15 is 0 Å². The van der Waals surface area contributed by atoms with Crippen LogP contribution in [-0.2, 0) is 37.2 Å². The minimum Gasteiger partial charge on any atom is -0.469 e. The molecule has 0 aromatic heterocycles. The summed E-state index contributed by atoms with van der Waals surface area (Å²) in [6, 6.07) is 14.8. The molecule has 0 saturated heterocycles. The number of unbranched alkanes of at least 4 members (excludes halogenated alkanes) is 1. The summed E-state index contributed by atoms with van der Waals surface area (Å²) < 4.78 is 32.1. The molecule has 2 aromatic carbocycles. The van der Waals surface area contributed by atoms with Gasteiger partial charge in [0.25, 0.3) is 0 Å². The number of rotatable bonds is 15. The Bertz CT molecular complexity index is 1160. The molecule has 37 heavy (non-hydrogen) atoms. The summed E-state index contributed by atoms with van der Waals surface area (Å²) in [6.07, 6.45) is 4.00. The van der Waals surface area contributed by atoms with Crippen LogP contribution in [0.5, 0.6) is 0 Å². The van der Waals surface area contributed by atoms with Crippen LogP contribution >= 0.6 is 0 Å². The summed E-state index contributed by atoms with van der Waals surface area (Å²) in [4.78, 5) is 27.9. The average molecular weight is 529 g/mol. The van der Waals surface area contributed by atoms with Gasteiger partial charge in [0.15, 0.2) is 0 Å². The number of aryl methyl sites for hydroxylation is 2. The predicted molar refractivity (Wildman–Crippen MR) is 143 cm³/mol. The van der Waals surface area contributed by atoms with E-state index in [0.717, 1.165) is 42.9 Å². The van der Waals surface area contributed by atoms with Crippen molar-refractivity contribution in [2.45, 2.75) is 49.8 Å². The van der Waals surface area contributed by atoms with Crippen LogP contribution in [0.15, 0.2) is 58.4 Å². The van der Waals surface area contributed by atoms with E-state index < -0.39 is 10.0 Å². The van der Waals surface area contributed by atoms with E-state index in [9.17, 15) is 18.0 Å². The lowest BCUT2D eigenvalue weighted by molar-refractivity contribution is -0.140. The minimum atomic E-state index is -3.62. The second-order valence-electron chi connectivity index (χ2n) is 8.88. The summed E-state index contributed by atoms with van der Waals surface area (Å²) in [7, 11) is -2.28. The lowest BCUT2D eigenvalue weighted by atomic mass is 10.1. The van der Waals surface area contributed by atoms with Gasteiger partial charge < -0.3 is 15.4 Å². The molecular weight excluding hydrogens is 492 g/mol. The SMILES string of the molecule is COC(=O)CCc1ccc(S(=O)(=O)NCCCCC(=O)NCCCc2ccc(C3=NCCN3)cc2)cc1. The summed E-state index contributed by atoms with van der Waals surface area (Å²) >= 11 is 0. The third-order valence-electron chi connectivity index (χ3n) is 6.07. The number of methoxy groups -OCH3 is 1. The Balaban J connectivity index is 1.26. The maximum Gasteiger partial charge on any atom is 0.305 e. The standard InChI is InChI=1S/C27H36N4O5S/c1-36-26(33)16-11-22-9-14-24(15-10-22)37(34,35)31-18-3-2-6-25(32)28-17-4-5-21-7-12-23(13-8-21)27-29-19-20-30-27/h7-10,12-15,31H,2-6,11,16-20H2,1H3,(H,28,32)(H,29,30). The number of nitrogens with zero attached hydrogens (tertiary/aromatic N) is 1. The second kappa shape index (κ2) is 14.5. The summed E-state index contributed by atoms with van der Waals surface area (Å²) in [5, 5.41) is 6.20. The molecule has 0 fully saturated rings. The number of amidine groups is 1. The second-order valence-corrected chi connectivity index (χ2v) is 10.6. The van der Waals surface area contributed by atoms with Crippen LogP contribution in [-0.4, -0.2) is 59.4 Å². The van der Waals surface area contributed by atoms with Crippen LogP contribution in [0.2, 0.25) is 0 Å². The number of hydrogen-bond donors (Lipinski definition) is 3. The number of sulfonamides is 1. The first kappa shape index (κ1) is 28.3. The molecule has 0 bridgehead atoms. The first-order chi connectivity index (χ1) is 17.9. The van der Waals surface area contributed by atoms with Crippen molar-refractivity contribution in [3.63, 3.8) is 0 Å². The molecule has 3 rings (SSSR count). The third kappa shape index (κ3) is 9.62. The van der Waals surface area contributed by atoms with E-state index in [1.807, 2.05) is 0 Å².